The summed E-state index contributed by atoms with van der Waals surface area (Å²) in [6.45, 7) is 7.90. The predicted octanol–water partition coefficient (Wildman–Crippen LogP) is 5.44. The third kappa shape index (κ3) is 9.14. The first-order valence-corrected chi connectivity index (χ1v) is 9.47. The van der Waals surface area contributed by atoms with Crippen molar-refractivity contribution in [1.82, 2.24) is 0 Å². The number of aryl methyl sites for hydroxylation is 4. The molecule has 2 radical (unpaired) electrons. The highest BCUT2D eigenvalue weighted by atomic mass is 16.1. The van der Waals surface area contributed by atoms with Gasteiger partial charge in [-0.05, 0) is 86.4 Å². The van der Waals surface area contributed by atoms with E-state index in [2.05, 4.69) is 38.1 Å². The minimum Gasteiger partial charge on any atom is -0.303 e. The molecule has 0 saturated carbocycles. The minimum absolute atomic E-state index is 0.166. The molecular weight excluding hydrogens is 332 g/mol. The van der Waals surface area contributed by atoms with Crippen molar-refractivity contribution in [3.05, 3.63) is 82.4 Å². The van der Waals surface area contributed by atoms with Crippen LogP contribution in [0.4, 0.5) is 0 Å². The van der Waals surface area contributed by atoms with Crippen molar-refractivity contribution in [2.75, 3.05) is 0 Å². The largest absolute Gasteiger partial charge is 0.303 e. The molecule has 27 heavy (non-hydrogen) atoms. The number of aldehydes is 2. The number of carbonyl (C=O) groups excluding carboxylic acids is 2. The van der Waals surface area contributed by atoms with Crippen LogP contribution in [0.25, 0.3) is 0 Å². The Morgan fingerprint density at radius 3 is 2.04 bits per heavy atom. The van der Waals surface area contributed by atoms with E-state index in [-0.39, 0.29) is 5.92 Å². The van der Waals surface area contributed by atoms with Crippen LogP contribution >= 0.6 is 0 Å². The molecule has 1 unspecified atom stereocenters. The maximum absolute atomic E-state index is 10.4. The molecule has 0 spiro atoms. The SMILES string of the molecule is CC(C=O)=CCCc1ccc[c]c1C.Cc1[c]cccc1CCC(C)C=O. The van der Waals surface area contributed by atoms with Crippen LogP contribution in [0.2, 0.25) is 0 Å². The summed E-state index contributed by atoms with van der Waals surface area (Å²) < 4.78 is 0. The molecule has 2 nitrogen and oxygen atoms in total. The Morgan fingerprint density at radius 1 is 1.00 bits per heavy atom. The van der Waals surface area contributed by atoms with Crippen LogP contribution in [0.5, 0.6) is 0 Å². The third-order valence-corrected chi connectivity index (χ3v) is 4.52. The molecule has 0 N–H and O–H groups in total. The zero-order valence-corrected chi connectivity index (χ0v) is 16.9. The van der Waals surface area contributed by atoms with Crippen LogP contribution in [-0.4, -0.2) is 12.6 Å². The molecule has 0 bridgehead atoms. The highest BCUT2D eigenvalue weighted by molar-refractivity contribution is 5.71. The van der Waals surface area contributed by atoms with Gasteiger partial charge in [0.15, 0.2) is 0 Å². The van der Waals surface area contributed by atoms with Crippen LogP contribution in [0.3, 0.4) is 0 Å². The average Bonchev–Trinajstić information content (AvgIpc) is 2.69. The summed E-state index contributed by atoms with van der Waals surface area (Å²) in [5.41, 5.74) is 5.81. The molecule has 0 saturated heterocycles. The van der Waals surface area contributed by atoms with Crippen molar-refractivity contribution < 1.29 is 9.59 Å². The van der Waals surface area contributed by atoms with Gasteiger partial charge in [-0.15, -0.1) is 0 Å². The summed E-state index contributed by atoms with van der Waals surface area (Å²) in [5.74, 6) is 0.166. The average molecular weight is 363 g/mol. The molecule has 0 amide bonds. The molecule has 0 fully saturated rings. The number of hydrogen-bond acceptors (Lipinski definition) is 2. The van der Waals surface area contributed by atoms with Crippen molar-refractivity contribution >= 4 is 12.6 Å². The van der Waals surface area contributed by atoms with E-state index in [1.54, 1.807) is 0 Å². The topological polar surface area (TPSA) is 34.1 Å². The second-order valence-corrected chi connectivity index (χ2v) is 6.90. The molecule has 2 aromatic rings. The second-order valence-electron chi connectivity index (χ2n) is 6.90. The van der Waals surface area contributed by atoms with Crippen molar-refractivity contribution in [3.8, 4) is 0 Å². The molecule has 2 rings (SSSR count). The predicted molar refractivity (Wildman–Crippen MR) is 112 cm³/mol. The monoisotopic (exact) mass is 362 g/mol. The van der Waals surface area contributed by atoms with Crippen molar-refractivity contribution in [2.24, 2.45) is 5.92 Å². The Morgan fingerprint density at radius 2 is 1.56 bits per heavy atom. The molecule has 0 aromatic heterocycles. The standard InChI is InChI=1S/C13H15O.C12H15O/c1-11(10-14)6-5-9-13-8-4-3-7-12(13)2;1-10(9-13)7-8-12-6-4-3-5-11(12)2/h3-4,6,8,10H,5,9H2,1-2H3;3-4,6,9-10H,7-8H2,1-2H3. The van der Waals surface area contributed by atoms with E-state index in [4.69, 9.17) is 0 Å². The molecule has 0 heterocycles. The Kier molecular flexibility index (Phi) is 10.7. The molecule has 0 aliphatic carbocycles. The number of allylic oxidation sites excluding steroid dienone is 2. The van der Waals surface area contributed by atoms with E-state index < -0.39 is 0 Å². The first kappa shape index (κ1) is 22.6. The lowest BCUT2D eigenvalue weighted by atomic mass is 9.99. The smallest absolute Gasteiger partial charge is 0.145 e. The van der Waals surface area contributed by atoms with Gasteiger partial charge < -0.3 is 4.79 Å². The quantitative estimate of drug-likeness (QED) is 0.463. The molecule has 2 aromatic carbocycles. The Balaban J connectivity index is 0.000000271. The Bertz CT molecular complexity index is 743. The van der Waals surface area contributed by atoms with Gasteiger partial charge >= 0.3 is 0 Å². The molecule has 1 atom stereocenters. The Hall–Kier alpha value is -2.48. The van der Waals surface area contributed by atoms with E-state index in [1.807, 2.05) is 44.2 Å². The lowest BCUT2D eigenvalue weighted by Gasteiger charge is -2.05. The maximum Gasteiger partial charge on any atom is 0.145 e. The minimum atomic E-state index is 0.166. The van der Waals surface area contributed by atoms with Crippen molar-refractivity contribution in [2.45, 2.75) is 53.4 Å². The van der Waals surface area contributed by atoms with E-state index in [1.165, 1.54) is 22.3 Å². The van der Waals surface area contributed by atoms with E-state index in [9.17, 15) is 9.59 Å². The first-order valence-electron chi connectivity index (χ1n) is 9.47. The third-order valence-electron chi connectivity index (χ3n) is 4.52. The van der Waals surface area contributed by atoms with E-state index in [0.29, 0.717) is 0 Å². The van der Waals surface area contributed by atoms with Gasteiger partial charge in [0, 0.05) is 5.92 Å². The fourth-order valence-corrected chi connectivity index (χ4v) is 2.61. The summed E-state index contributed by atoms with van der Waals surface area (Å²) in [5, 5.41) is 0. The van der Waals surface area contributed by atoms with Gasteiger partial charge in [0.25, 0.3) is 0 Å². The normalized spacial score (nSPS) is 11.9. The van der Waals surface area contributed by atoms with Crippen LogP contribution in [-0.2, 0) is 22.4 Å². The van der Waals surface area contributed by atoms with Gasteiger partial charge in [0.1, 0.15) is 12.6 Å². The lowest BCUT2D eigenvalue weighted by molar-refractivity contribution is -0.110. The van der Waals surface area contributed by atoms with Gasteiger partial charge in [0.2, 0.25) is 0 Å². The van der Waals surface area contributed by atoms with Crippen molar-refractivity contribution in [1.29, 1.82) is 0 Å². The van der Waals surface area contributed by atoms with E-state index in [0.717, 1.165) is 43.8 Å². The van der Waals surface area contributed by atoms with E-state index >= 15 is 0 Å². The van der Waals surface area contributed by atoms with Crippen molar-refractivity contribution in [3.63, 3.8) is 0 Å². The molecule has 0 aliphatic rings. The number of hydrogen-bond donors (Lipinski definition) is 0. The van der Waals surface area contributed by atoms with Crippen LogP contribution in [0.15, 0.2) is 48.0 Å². The second kappa shape index (κ2) is 12.8. The number of rotatable bonds is 8. The van der Waals surface area contributed by atoms with Gasteiger partial charge in [-0.1, -0.05) is 49.4 Å². The van der Waals surface area contributed by atoms with Gasteiger partial charge in [-0.3, -0.25) is 4.79 Å². The first-order chi connectivity index (χ1) is 13.0. The lowest BCUT2D eigenvalue weighted by Crippen LogP contribution is -1.99. The maximum atomic E-state index is 10.4. The van der Waals surface area contributed by atoms with Gasteiger partial charge in [-0.25, -0.2) is 0 Å². The van der Waals surface area contributed by atoms with Gasteiger partial charge in [0.05, 0.1) is 0 Å². The summed E-state index contributed by atoms with van der Waals surface area (Å²) >= 11 is 0. The number of benzene rings is 2. The highest BCUT2D eigenvalue weighted by Crippen LogP contribution is 2.12. The van der Waals surface area contributed by atoms with Crippen LogP contribution < -0.4 is 0 Å². The van der Waals surface area contributed by atoms with Crippen LogP contribution in [0, 0.1) is 31.9 Å². The summed E-state index contributed by atoms with van der Waals surface area (Å²) in [6, 6.07) is 18.4. The summed E-state index contributed by atoms with van der Waals surface area (Å²) in [6.07, 6.45) is 7.69. The zero-order chi connectivity index (χ0) is 20.1. The molecular formula is C25H30O2. The Labute approximate surface area is 164 Å². The molecule has 0 aliphatic heterocycles. The fraction of sp³-hybridized carbons (Fsp3) is 0.360. The number of carbonyl (C=O) groups is 2. The highest BCUT2D eigenvalue weighted by Gasteiger charge is 2.02. The van der Waals surface area contributed by atoms with Crippen LogP contribution in [0.1, 0.15) is 48.9 Å². The zero-order valence-electron chi connectivity index (χ0n) is 16.9. The fourth-order valence-electron chi connectivity index (χ4n) is 2.61. The summed E-state index contributed by atoms with van der Waals surface area (Å²) in [4.78, 5) is 20.7. The summed E-state index contributed by atoms with van der Waals surface area (Å²) in [7, 11) is 0. The molecule has 142 valence electrons. The van der Waals surface area contributed by atoms with Gasteiger partial charge in [-0.2, -0.15) is 0 Å². The molecule has 2 heteroatoms.